The average molecular weight is 497 g/mol. The van der Waals surface area contributed by atoms with Gasteiger partial charge in [0.2, 0.25) is 15.9 Å². The third-order valence-electron chi connectivity index (χ3n) is 5.90. The quantitative estimate of drug-likeness (QED) is 0.581. The van der Waals surface area contributed by atoms with Crippen LogP contribution in [0.3, 0.4) is 0 Å². The maximum absolute atomic E-state index is 13.3. The Morgan fingerprint density at radius 2 is 1.55 bits per heavy atom. The summed E-state index contributed by atoms with van der Waals surface area (Å²) in [6.07, 6.45) is -0.137. The Kier molecular flexibility index (Phi) is 7.35. The van der Waals surface area contributed by atoms with Crippen LogP contribution in [-0.4, -0.2) is 73.7 Å². The standard InChI is InChI=1S/C22H32N4O5S2/c1-16(2)26-19(5)22(18(4)23-26)33(30,31)25-13-11-24(12-14-25)21(27)10-15-32(28,29)20-8-6-17(3)7-9-20/h6-9,16H,10-15H2,1-5H3. The number of carbonyl (C=O) groups excluding carboxylic acids is 1. The molecule has 2 aromatic rings. The Hall–Kier alpha value is -2.24. The summed E-state index contributed by atoms with van der Waals surface area (Å²) in [5.41, 5.74) is 2.02. The molecule has 3 rings (SSSR count). The van der Waals surface area contributed by atoms with Crippen LogP contribution in [0.25, 0.3) is 0 Å². The molecule has 1 fully saturated rings. The molecular formula is C22H32N4O5S2. The normalized spacial score (nSPS) is 15.9. The first-order valence-corrected chi connectivity index (χ1v) is 14.1. The Morgan fingerprint density at radius 1 is 0.970 bits per heavy atom. The van der Waals surface area contributed by atoms with E-state index in [1.807, 2.05) is 20.8 Å². The van der Waals surface area contributed by atoms with Crippen molar-refractivity contribution in [3.63, 3.8) is 0 Å². The maximum atomic E-state index is 13.3. The second-order valence-electron chi connectivity index (χ2n) is 8.71. The van der Waals surface area contributed by atoms with Crippen LogP contribution in [0.4, 0.5) is 0 Å². The summed E-state index contributed by atoms with van der Waals surface area (Å²) in [7, 11) is -7.30. The molecule has 1 aromatic heterocycles. The fourth-order valence-corrected chi connectivity index (χ4v) is 7.09. The van der Waals surface area contributed by atoms with Crippen LogP contribution in [0.1, 0.15) is 43.3 Å². The lowest BCUT2D eigenvalue weighted by Gasteiger charge is -2.34. The summed E-state index contributed by atoms with van der Waals surface area (Å²) in [6.45, 7) is 9.96. The van der Waals surface area contributed by atoms with E-state index in [4.69, 9.17) is 0 Å². The highest BCUT2D eigenvalue weighted by atomic mass is 32.2. The molecule has 0 unspecified atom stereocenters. The number of carbonyl (C=O) groups is 1. The van der Waals surface area contributed by atoms with Gasteiger partial charge in [0, 0.05) is 38.6 Å². The predicted molar refractivity (Wildman–Crippen MR) is 125 cm³/mol. The molecule has 1 amide bonds. The molecule has 1 aliphatic rings. The van der Waals surface area contributed by atoms with Gasteiger partial charge in [-0.25, -0.2) is 16.8 Å². The molecule has 182 valence electrons. The molecule has 1 aromatic carbocycles. The molecular weight excluding hydrogens is 464 g/mol. The number of piperazine rings is 1. The lowest BCUT2D eigenvalue weighted by atomic mass is 10.2. The molecule has 0 bridgehead atoms. The number of amides is 1. The average Bonchev–Trinajstić information content (AvgIpc) is 3.07. The largest absolute Gasteiger partial charge is 0.340 e. The van der Waals surface area contributed by atoms with E-state index in [2.05, 4.69) is 5.10 Å². The summed E-state index contributed by atoms with van der Waals surface area (Å²) in [6, 6.07) is 6.58. The molecule has 1 aliphatic heterocycles. The molecule has 1 saturated heterocycles. The Bertz CT molecular complexity index is 1220. The smallest absolute Gasteiger partial charge is 0.246 e. The number of aryl methyl sites for hydroxylation is 2. The van der Waals surface area contributed by atoms with Crippen LogP contribution < -0.4 is 0 Å². The van der Waals surface area contributed by atoms with E-state index >= 15 is 0 Å². The Labute approximate surface area is 196 Å². The minimum absolute atomic E-state index is 0.0401. The molecule has 0 atom stereocenters. The first-order chi connectivity index (χ1) is 15.3. The minimum atomic E-state index is -3.74. The molecule has 0 aliphatic carbocycles. The summed E-state index contributed by atoms with van der Waals surface area (Å²) in [5.74, 6) is -0.567. The van der Waals surface area contributed by atoms with Crippen LogP contribution in [0.2, 0.25) is 0 Å². The summed E-state index contributed by atoms with van der Waals surface area (Å²) < 4.78 is 54.7. The summed E-state index contributed by atoms with van der Waals surface area (Å²) in [4.78, 5) is 14.6. The van der Waals surface area contributed by atoms with E-state index in [0.29, 0.717) is 11.4 Å². The van der Waals surface area contributed by atoms with Crippen molar-refractivity contribution < 1.29 is 21.6 Å². The number of hydrogen-bond acceptors (Lipinski definition) is 6. The van der Waals surface area contributed by atoms with E-state index < -0.39 is 19.9 Å². The maximum Gasteiger partial charge on any atom is 0.246 e. The van der Waals surface area contributed by atoms with Crippen molar-refractivity contribution in [3.8, 4) is 0 Å². The lowest BCUT2D eigenvalue weighted by Crippen LogP contribution is -2.50. The second kappa shape index (κ2) is 9.55. The van der Waals surface area contributed by atoms with Crippen LogP contribution >= 0.6 is 0 Å². The van der Waals surface area contributed by atoms with E-state index in [9.17, 15) is 21.6 Å². The summed E-state index contributed by atoms with van der Waals surface area (Å²) >= 11 is 0. The third-order valence-corrected chi connectivity index (χ3v) is 9.79. The van der Waals surface area contributed by atoms with Crippen LogP contribution in [0.5, 0.6) is 0 Å². The van der Waals surface area contributed by atoms with Crippen LogP contribution in [-0.2, 0) is 24.7 Å². The van der Waals surface area contributed by atoms with Gasteiger partial charge in [0.1, 0.15) is 4.90 Å². The molecule has 0 N–H and O–H groups in total. The number of aromatic nitrogens is 2. The Balaban J connectivity index is 1.62. The zero-order valence-corrected chi connectivity index (χ0v) is 21.4. The third kappa shape index (κ3) is 5.30. The molecule has 9 nitrogen and oxygen atoms in total. The lowest BCUT2D eigenvalue weighted by molar-refractivity contribution is -0.131. The highest BCUT2D eigenvalue weighted by Gasteiger charge is 2.34. The number of sulfonamides is 1. The number of nitrogens with zero attached hydrogens (tertiary/aromatic N) is 4. The van der Waals surface area contributed by atoms with Gasteiger partial charge in [-0.15, -0.1) is 0 Å². The number of rotatable bonds is 7. The van der Waals surface area contributed by atoms with Gasteiger partial charge in [-0.2, -0.15) is 9.40 Å². The highest BCUT2D eigenvalue weighted by Crippen LogP contribution is 2.26. The van der Waals surface area contributed by atoms with Crippen molar-refractivity contribution in [2.75, 3.05) is 31.9 Å². The second-order valence-corrected chi connectivity index (χ2v) is 12.7. The van der Waals surface area contributed by atoms with Gasteiger partial charge < -0.3 is 4.90 Å². The van der Waals surface area contributed by atoms with E-state index in [1.165, 1.54) is 9.21 Å². The minimum Gasteiger partial charge on any atom is -0.340 e. The zero-order valence-electron chi connectivity index (χ0n) is 19.8. The van der Waals surface area contributed by atoms with E-state index in [-0.39, 0.29) is 60.1 Å². The number of hydrogen-bond donors (Lipinski definition) is 0. The van der Waals surface area contributed by atoms with Gasteiger partial charge in [0.25, 0.3) is 0 Å². The van der Waals surface area contributed by atoms with E-state index in [1.54, 1.807) is 42.8 Å². The monoisotopic (exact) mass is 496 g/mol. The predicted octanol–water partition coefficient (Wildman–Crippen LogP) is 2.09. The van der Waals surface area contributed by atoms with E-state index in [0.717, 1.165) is 5.56 Å². The van der Waals surface area contributed by atoms with Crippen molar-refractivity contribution in [1.29, 1.82) is 0 Å². The first kappa shape index (κ1) is 25.4. The van der Waals surface area contributed by atoms with Gasteiger partial charge in [-0.1, -0.05) is 17.7 Å². The van der Waals surface area contributed by atoms with Crippen molar-refractivity contribution >= 4 is 25.8 Å². The van der Waals surface area contributed by atoms with Crippen molar-refractivity contribution in [1.82, 2.24) is 19.0 Å². The highest BCUT2D eigenvalue weighted by molar-refractivity contribution is 7.91. The van der Waals surface area contributed by atoms with Gasteiger partial charge in [0.15, 0.2) is 9.84 Å². The fourth-order valence-electron chi connectivity index (χ4n) is 4.07. The molecule has 0 radical (unpaired) electrons. The molecule has 2 heterocycles. The topological polar surface area (TPSA) is 110 Å². The number of benzene rings is 1. The molecule has 11 heteroatoms. The number of sulfone groups is 1. The van der Waals surface area contributed by atoms with Gasteiger partial charge in [-0.3, -0.25) is 9.48 Å². The van der Waals surface area contributed by atoms with Crippen molar-refractivity contribution in [3.05, 3.63) is 41.2 Å². The van der Waals surface area contributed by atoms with Gasteiger partial charge in [-0.05, 0) is 46.8 Å². The van der Waals surface area contributed by atoms with Crippen molar-refractivity contribution in [2.24, 2.45) is 0 Å². The molecule has 0 spiro atoms. The van der Waals surface area contributed by atoms with Crippen LogP contribution in [0, 0.1) is 20.8 Å². The first-order valence-electron chi connectivity index (χ1n) is 11.0. The Morgan fingerprint density at radius 3 is 2.06 bits per heavy atom. The molecule has 33 heavy (non-hydrogen) atoms. The fraction of sp³-hybridized carbons (Fsp3) is 0.545. The van der Waals surface area contributed by atoms with Gasteiger partial charge >= 0.3 is 0 Å². The zero-order chi connectivity index (χ0) is 24.6. The van der Waals surface area contributed by atoms with Crippen LogP contribution in [0.15, 0.2) is 34.1 Å². The van der Waals surface area contributed by atoms with Crippen molar-refractivity contribution in [2.45, 2.75) is 56.9 Å². The van der Waals surface area contributed by atoms with Gasteiger partial charge in [0.05, 0.1) is 22.0 Å². The summed E-state index contributed by atoms with van der Waals surface area (Å²) in [5, 5.41) is 4.38. The molecule has 0 saturated carbocycles. The SMILES string of the molecule is Cc1ccc(S(=O)(=O)CCC(=O)N2CCN(S(=O)(=O)c3c(C)nn(C(C)C)c3C)CC2)cc1.